The Morgan fingerprint density at radius 2 is 1.96 bits per heavy atom. The van der Waals surface area contributed by atoms with Gasteiger partial charge in [-0.3, -0.25) is 4.79 Å². The maximum absolute atomic E-state index is 12.7. The molecule has 128 valence electrons. The second-order valence-corrected chi connectivity index (χ2v) is 6.99. The van der Waals surface area contributed by atoms with Crippen LogP contribution in [0.4, 0.5) is 11.4 Å². The van der Waals surface area contributed by atoms with Crippen LogP contribution in [0.15, 0.2) is 18.2 Å². The second-order valence-electron chi connectivity index (χ2n) is 5.99. The number of benzene rings is 1. The number of hydrogen-bond donors (Lipinski definition) is 2. The van der Waals surface area contributed by atoms with E-state index in [-0.39, 0.29) is 12.7 Å². The predicted molar refractivity (Wildman–Crippen MR) is 98.8 cm³/mol. The van der Waals surface area contributed by atoms with Gasteiger partial charge in [0.1, 0.15) is 9.71 Å². The fraction of sp³-hybridized carbons (Fsp3) is 0.222. The first kappa shape index (κ1) is 15.7. The number of ether oxygens (including phenoxy) is 2. The van der Waals surface area contributed by atoms with Gasteiger partial charge in [0, 0.05) is 22.8 Å². The number of rotatable bonds is 2. The summed E-state index contributed by atoms with van der Waals surface area (Å²) in [5.41, 5.74) is 10.5. The van der Waals surface area contributed by atoms with Crippen LogP contribution in [0, 0.1) is 20.8 Å². The summed E-state index contributed by atoms with van der Waals surface area (Å²) in [5, 5.41) is 3.73. The molecule has 0 unspecified atom stereocenters. The minimum atomic E-state index is -0.255. The van der Waals surface area contributed by atoms with E-state index in [1.54, 1.807) is 18.2 Å². The van der Waals surface area contributed by atoms with E-state index >= 15 is 0 Å². The van der Waals surface area contributed by atoms with Gasteiger partial charge in [0.15, 0.2) is 11.5 Å². The van der Waals surface area contributed by atoms with E-state index in [2.05, 4.69) is 10.3 Å². The Balaban J connectivity index is 1.71. The van der Waals surface area contributed by atoms with Crippen molar-refractivity contribution in [3.8, 4) is 11.5 Å². The van der Waals surface area contributed by atoms with Crippen molar-refractivity contribution in [2.45, 2.75) is 20.8 Å². The van der Waals surface area contributed by atoms with E-state index in [0.29, 0.717) is 27.8 Å². The molecule has 0 saturated carbocycles. The molecule has 3 N–H and O–H groups in total. The van der Waals surface area contributed by atoms with Crippen LogP contribution in [0.25, 0.3) is 10.2 Å². The van der Waals surface area contributed by atoms with Crippen LogP contribution < -0.4 is 20.5 Å². The standard InChI is InChI=1S/C18H17N3O3S/c1-8-9(2)14-15(19)16(25-18(14)20-10(8)3)17(22)21-11-4-5-12-13(6-11)24-7-23-12/h4-6H,7,19H2,1-3H3,(H,21,22). The molecule has 0 aliphatic carbocycles. The molecule has 0 atom stereocenters. The number of pyridine rings is 1. The Kier molecular flexibility index (Phi) is 3.54. The Morgan fingerprint density at radius 3 is 2.76 bits per heavy atom. The van der Waals surface area contributed by atoms with E-state index < -0.39 is 0 Å². The maximum Gasteiger partial charge on any atom is 0.267 e. The van der Waals surface area contributed by atoms with Gasteiger partial charge in [-0.1, -0.05) is 0 Å². The highest BCUT2D eigenvalue weighted by molar-refractivity contribution is 7.21. The molecule has 6 nitrogen and oxygen atoms in total. The quantitative estimate of drug-likeness (QED) is 0.730. The number of nitrogen functional groups attached to an aromatic ring is 1. The second kappa shape index (κ2) is 5.63. The zero-order chi connectivity index (χ0) is 17.7. The van der Waals surface area contributed by atoms with Crippen LogP contribution in [0.5, 0.6) is 11.5 Å². The number of carbonyl (C=O) groups is 1. The van der Waals surface area contributed by atoms with Crippen LogP contribution in [0.3, 0.4) is 0 Å². The monoisotopic (exact) mass is 355 g/mol. The summed E-state index contributed by atoms with van der Waals surface area (Å²) in [6, 6.07) is 5.28. The van der Waals surface area contributed by atoms with Crippen LogP contribution in [0.2, 0.25) is 0 Å². The predicted octanol–water partition coefficient (Wildman–Crippen LogP) is 3.78. The molecule has 0 fully saturated rings. The molecule has 1 aromatic carbocycles. The van der Waals surface area contributed by atoms with Gasteiger partial charge < -0.3 is 20.5 Å². The fourth-order valence-corrected chi connectivity index (χ4v) is 4.00. The van der Waals surface area contributed by atoms with E-state index in [9.17, 15) is 4.79 Å². The van der Waals surface area contributed by atoms with Crippen molar-refractivity contribution in [2.24, 2.45) is 0 Å². The molecule has 1 amide bonds. The molecule has 1 aliphatic heterocycles. The summed E-state index contributed by atoms with van der Waals surface area (Å²) in [6.07, 6.45) is 0. The zero-order valence-corrected chi connectivity index (χ0v) is 14.9. The van der Waals surface area contributed by atoms with Crippen molar-refractivity contribution in [2.75, 3.05) is 17.8 Å². The van der Waals surface area contributed by atoms with Crippen molar-refractivity contribution >= 4 is 38.8 Å². The van der Waals surface area contributed by atoms with Gasteiger partial charge in [0.2, 0.25) is 6.79 Å². The summed E-state index contributed by atoms with van der Waals surface area (Å²) in [5.74, 6) is 1.03. The maximum atomic E-state index is 12.7. The number of aryl methyl sites for hydroxylation is 2. The van der Waals surface area contributed by atoms with Gasteiger partial charge >= 0.3 is 0 Å². The first-order chi connectivity index (χ1) is 12.0. The number of amides is 1. The molecule has 25 heavy (non-hydrogen) atoms. The Hall–Kier alpha value is -2.80. The van der Waals surface area contributed by atoms with E-state index in [4.69, 9.17) is 15.2 Å². The van der Waals surface area contributed by atoms with Gasteiger partial charge in [-0.25, -0.2) is 4.98 Å². The number of hydrogen-bond acceptors (Lipinski definition) is 6. The lowest BCUT2D eigenvalue weighted by atomic mass is 10.1. The lowest BCUT2D eigenvalue weighted by molar-refractivity contribution is 0.103. The molecule has 0 bridgehead atoms. The van der Waals surface area contributed by atoms with E-state index in [0.717, 1.165) is 27.0 Å². The van der Waals surface area contributed by atoms with Gasteiger partial charge in [-0.2, -0.15) is 0 Å². The van der Waals surface area contributed by atoms with Crippen molar-refractivity contribution in [3.05, 3.63) is 39.9 Å². The third-order valence-electron chi connectivity index (χ3n) is 4.51. The first-order valence-corrected chi connectivity index (χ1v) is 8.64. The van der Waals surface area contributed by atoms with Crippen LogP contribution in [-0.2, 0) is 0 Å². The summed E-state index contributed by atoms with van der Waals surface area (Å²) < 4.78 is 10.6. The molecule has 3 aromatic rings. The smallest absolute Gasteiger partial charge is 0.267 e. The lowest BCUT2D eigenvalue weighted by Crippen LogP contribution is -2.11. The third kappa shape index (κ3) is 2.47. The SMILES string of the molecule is Cc1nc2sc(C(=O)Nc3ccc4c(c3)OCO4)c(N)c2c(C)c1C. The van der Waals surface area contributed by atoms with E-state index in [1.807, 2.05) is 20.8 Å². The molecule has 7 heteroatoms. The molecule has 0 saturated heterocycles. The summed E-state index contributed by atoms with van der Waals surface area (Å²) in [6.45, 7) is 6.18. The van der Waals surface area contributed by atoms with Crippen LogP contribution in [-0.4, -0.2) is 17.7 Å². The molecule has 2 aromatic heterocycles. The van der Waals surface area contributed by atoms with Crippen molar-refractivity contribution < 1.29 is 14.3 Å². The number of aromatic nitrogens is 1. The first-order valence-electron chi connectivity index (χ1n) is 7.82. The molecular weight excluding hydrogens is 338 g/mol. The van der Waals surface area contributed by atoms with Gasteiger partial charge in [-0.15, -0.1) is 11.3 Å². The number of nitrogens with two attached hydrogens (primary N) is 1. The number of anilines is 2. The molecule has 0 radical (unpaired) electrons. The fourth-order valence-electron chi connectivity index (χ4n) is 2.90. The van der Waals surface area contributed by atoms with Crippen molar-refractivity contribution in [3.63, 3.8) is 0 Å². The minimum absolute atomic E-state index is 0.194. The highest BCUT2D eigenvalue weighted by atomic mass is 32.1. The lowest BCUT2D eigenvalue weighted by Gasteiger charge is -2.06. The van der Waals surface area contributed by atoms with Crippen molar-refractivity contribution in [1.82, 2.24) is 4.98 Å². The molecule has 1 aliphatic rings. The number of nitrogens with zero attached hydrogens (tertiary/aromatic N) is 1. The molecule has 4 rings (SSSR count). The molecular formula is C18H17N3O3S. The van der Waals surface area contributed by atoms with Gasteiger partial charge in [0.05, 0.1) is 5.69 Å². The summed E-state index contributed by atoms with van der Waals surface area (Å²) >= 11 is 1.31. The third-order valence-corrected chi connectivity index (χ3v) is 5.61. The highest BCUT2D eigenvalue weighted by Crippen LogP contribution is 2.38. The van der Waals surface area contributed by atoms with Crippen molar-refractivity contribution in [1.29, 1.82) is 0 Å². The number of nitrogens with one attached hydrogen (secondary N) is 1. The molecule has 0 spiro atoms. The van der Waals surface area contributed by atoms with Gasteiger partial charge in [-0.05, 0) is 44.0 Å². The number of fused-ring (bicyclic) bond motifs is 2. The minimum Gasteiger partial charge on any atom is -0.454 e. The largest absolute Gasteiger partial charge is 0.454 e. The topological polar surface area (TPSA) is 86.5 Å². The summed E-state index contributed by atoms with van der Waals surface area (Å²) in [7, 11) is 0. The van der Waals surface area contributed by atoms with E-state index in [1.165, 1.54) is 11.3 Å². The molecule has 3 heterocycles. The normalized spacial score (nSPS) is 12.6. The highest BCUT2D eigenvalue weighted by Gasteiger charge is 2.21. The Bertz CT molecular complexity index is 1030. The van der Waals surface area contributed by atoms with Crippen LogP contribution >= 0.6 is 11.3 Å². The van der Waals surface area contributed by atoms with Gasteiger partial charge in [0.25, 0.3) is 5.91 Å². The zero-order valence-electron chi connectivity index (χ0n) is 14.1. The number of carbonyl (C=O) groups excluding carboxylic acids is 1. The number of thiophene rings is 1. The van der Waals surface area contributed by atoms with Crippen LogP contribution in [0.1, 0.15) is 26.5 Å². The average Bonchev–Trinajstić information content (AvgIpc) is 3.16. The Labute approximate surface area is 148 Å². The average molecular weight is 355 g/mol. The summed E-state index contributed by atoms with van der Waals surface area (Å²) in [4.78, 5) is 18.5. The Morgan fingerprint density at radius 1 is 1.20 bits per heavy atom.